The number of piperidine rings is 1. The van der Waals surface area contributed by atoms with Crippen molar-refractivity contribution >= 4 is 5.91 Å². The molecule has 0 aliphatic carbocycles. The third kappa shape index (κ3) is 4.58. The third-order valence-electron chi connectivity index (χ3n) is 3.84. The van der Waals surface area contributed by atoms with E-state index in [2.05, 4.69) is 6.92 Å². The van der Waals surface area contributed by atoms with Gasteiger partial charge in [0.15, 0.2) is 0 Å². The van der Waals surface area contributed by atoms with E-state index in [1.807, 2.05) is 4.90 Å². The van der Waals surface area contributed by atoms with Crippen LogP contribution < -0.4 is 5.73 Å². The van der Waals surface area contributed by atoms with Crippen molar-refractivity contribution < 1.29 is 9.53 Å². The van der Waals surface area contributed by atoms with Gasteiger partial charge in [-0.1, -0.05) is 26.2 Å². The maximum atomic E-state index is 12.2. The van der Waals surface area contributed by atoms with Crippen LogP contribution in [0.15, 0.2) is 0 Å². The van der Waals surface area contributed by atoms with Crippen LogP contribution in [0.3, 0.4) is 0 Å². The second kappa shape index (κ2) is 8.48. The average molecular weight is 256 g/mol. The van der Waals surface area contributed by atoms with Crippen LogP contribution in [0.4, 0.5) is 0 Å². The molecule has 18 heavy (non-hydrogen) atoms. The number of rotatable bonds is 7. The summed E-state index contributed by atoms with van der Waals surface area (Å²) in [5.41, 5.74) is 5.78. The van der Waals surface area contributed by atoms with Gasteiger partial charge in [0.25, 0.3) is 0 Å². The zero-order valence-electron chi connectivity index (χ0n) is 11.9. The number of hydrogen-bond donors (Lipinski definition) is 1. The Hall–Kier alpha value is -0.610. The maximum Gasteiger partial charge on any atom is 0.222 e. The summed E-state index contributed by atoms with van der Waals surface area (Å²) >= 11 is 0. The number of nitrogens with two attached hydrogens (primary N) is 1. The van der Waals surface area contributed by atoms with Crippen molar-refractivity contribution in [3.63, 3.8) is 0 Å². The van der Waals surface area contributed by atoms with Crippen molar-refractivity contribution in [2.45, 2.75) is 64.0 Å². The molecule has 1 heterocycles. The summed E-state index contributed by atoms with van der Waals surface area (Å²) in [5, 5.41) is 0. The minimum atomic E-state index is 0.169. The molecule has 0 aromatic carbocycles. The molecule has 2 unspecified atom stereocenters. The fourth-order valence-corrected chi connectivity index (χ4v) is 2.63. The normalized spacial score (nSPS) is 24.3. The van der Waals surface area contributed by atoms with E-state index >= 15 is 0 Å². The van der Waals surface area contributed by atoms with Gasteiger partial charge in [-0.2, -0.15) is 0 Å². The molecule has 1 rings (SSSR count). The molecule has 1 fully saturated rings. The molecule has 1 saturated heterocycles. The molecule has 0 bridgehead atoms. The van der Waals surface area contributed by atoms with Gasteiger partial charge >= 0.3 is 0 Å². The fraction of sp³-hybridized carbons (Fsp3) is 0.929. The third-order valence-corrected chi connectivity index (χ3v) is 3.84. The number of likely N-dealkylation sites (tertiary alicyclic amines) is 1. The van der Waals surface area contributed by atoms with E-state index in [-0.39, 0.29) is 18.1 Å². The zero-order valence-corrected chi connectivity index (χ0v) is 11.9. The zero-order chi connectivity index (χ0) is 13.4. The summed E-state index contributed by atoms with van der Waals surface area (Å²) in [5.74, 6) is 0.274. The molecule has 0 radical (unpaired) electrons. The Balaban J connectivity index is 2.36. The first-order valence-electron chi connectivity index (χ1n) is 7.25. The number of ether oxygens (including phenoxy) is 1. The smallest absolute Gasteiger partial charge is 0.222 e. The molecule has 0 aromatic rings. The molecule has 0 spiro atoms. The highest BCUT2D eigenvalue weighted by Crippen LogP contribution is 2.20. The molecule has 1 amide bonds. The number of unbranched alkanes of at least 4 members (excludes halogenated alkanes) is 3. The van der Waals surface area contributed by atoms with Crippen LogP contribution in [0.25, 0.3) is 0 Å². The number of hydrogen-bond acceptors (Lipinski definition) is 3. The Morgan fingerprint density at radius 2 is 2.17 bits per heavy atom. The SMILES string of the molecule is CCCCCCC(=O)N1CCC(OC)CC1CN. The largest absolute Gasteiger partial charge is 0.381 e. The standard InChI is InChI=1S/C14H28N2O2/c1-3-4-5-6-7-14(17)16-9-8-13(18-2)10-12(16)11-15/h12-13H,3-11,15H2,1-2H3. The molecule has 2 N–H and O–H groups in total. The lowest BCUT2D eigenvalue weighted by Gasteiger charge is -2.38. The minimum absolute atomic E-state index is 0.169. The average Bonchev–Trinajstić information content (AvgIpc) is 2.42. The maximum absolute atomic E-state index is 12.2. The van der Waals surface area contributed by atoms with Crippen LogP contribution >= 0.6 is 0 Å². The molecule has 2 atom stereocenters. The highest BCUT2D eigenvalue weighted by atomic mass is 16.5. The van der Waals surface area contributed by atoms with Gasteiger partial charge in [-0.3, -0.25) is 4.79 Å². The summed E-state index contributed by atoms with van der Waals surface area (Å²) in [6, 6.07) is 0.169. The quantitative estimate of drug-likeness (QED) is 0.708. The first-order valence-corrected chi connectivity index (χ1v) is 7.25. The number of nitrogens with zero attached hydrogens (tertiary/aromatic N) is 1. The van der Waals surface area contributed by atoms with Gasteiger partial charge in [0.2, 0.25) is 5.91 Å². The number of carbonyl (C=O) groups is 1. The summed E-state index contributed by atoms with van der Waals surface area (Å²) in [7, 11) is 1.74. The Morgan fingerprint density at radius 3 is 2.78 bits per heavy atom. The first-order chi connectivity index (χ1) is 8.72. The van der Waals surface area contributed by atoms with Gasteiger partial charge in [-0.15, -0.1) is 0 Å². The van der Waals surface area contributed by atoms with Crippen LogP contribution in [0.2, 0.25) is 0 Å². The van der Waals surface area contributed by atoms with Crippen LogP contribution in [0.5, 0.6) is 0 Å². The van der Waals surface area contributed by atoms with Crippen LogP contribution in [-0.2, 0) is 9.53 Å². The summed E-state index contributed by atoms with van der Waals surface area (Å²) < 4.78 is 5.37. The van der Waals surface area contributed by atoms with Crippen molar-refractivity contribution in [2.75, 3.05) is 20.2 Å². The van der Waals surface area contributed by atoms with Crippen molar-refractivity contribution in [2.24, 2.45) is 5.73 Å². The highest BCUT2D eigenvalue weighted by molar-refractivity contribution is 5.76. The molecule has 0 aromatic heterocycles. The predicted molar refractivity (Wildman–Crippen MR) is 73.3 cm³/mol. The van der Waals surface area contributed by atoms with Gasteiger partial charge < -0.3 is 15.4 Å². The van der Waals surface area contributed by atoms with E-state index < -0.39 is 0 Å². The van der Waals surface area contributed by atoms with Crippen molar-refractivity contribution in [1.82, 2.24) is 4.90 Å². The topological polar surface area (TPSA) is 55.6 Å². The van der Waals surface area contributed by atoms with Crippen LogP contribution in [-0.4, -0.2) is 43.2 Å². The van der Waals surface area contributed by atoms with Crippen molar-refractivity contribution in [3.8, 4) is 0 Å². The van der Waals surface area contributed by atoms with Gasteiger partial charge in [0.05, 0.1) is 6.10 Å². The van der Waals surface area contributed by atoms with Gasteiger partial charge in [-0.05, 0) is 19.3 Å². The predicted octanol–water partition coefficient (Wildman–Crippen LogP) is 1.92. The Labute approximate surface area is 111 Å². The molecule has 4 nitrogen and oxygen atoms in total. The highest BCUT2D eigenvalue weighted by Gasteiger charge is 2.30. The monoisotopic (exact) mass is 256 g/mol. The number of amides is 1. The summed E-state index contributed by atoms with van der Waals surface area (Å²) in [6.07, 6.45) is 7.36. The molecular weight excluding hydrogens is 228 g/mol. The summed E-state index contributed by atoms with van der Waals surface area (Å²) in [6.45, 7) is 3.52. The van der Waals surface area contributed by atoms with Crippen molar-refractivity contribution in [1.29, 1.82) is 0 Å². The van der Waals surface area contributed by atoms with Crippen molar-refractivity contribution in [3.05, 3.63) is 0 Å². The van der Waals surface area contributed by atoms with E-state index in [0.717, 1.165) is 32.2 Å². The minimum Gasteiger partial charge on any atom is -0.381 e. The first kappa shape index (κ1) is 15.4. The lowest BCUT2D eigenvalue weighted by molar-refractivity contribution is -0.136. The van der Waals surface area contributed by atoms with E-state index in [0.29, 0.717) is 13.0 Å². The Morgan fingerprint density at radius 1 is 1.39 bits per heavy atom. The Bertz CT molecular complexity index is 246. The molecule has 4 heteroatoms. The number of carbonyl (C=O) groups excluding carboxylic acids is 1. The van der Waals surface area contributed by atoms with Crippen LogP contribution in [0.1, 0.15) is 51.9 Å². The lowest BCUT2D eigenvalue weighted by atomic mass is 9.98. The summed E-state index contributed by atoms with van der Waals surface area (Å²) in [4.78, 5) is 14.1. The Kier molecular flexibility index (Phi) is 7.28. The van der Waals surface area contributed by atoms with Gasteiger partial charge in [0, 0.05) is 32.7 Å². The van der Waals surface area contributed by atoms with E-state index in [9.17, 15) is 4.79 Å². The van der Waals surface area contributed by atoms with E-state index in [1.165, 1.54) is 12.8 Å². The lowest BCUT2D eigenvalue weighted by Crippen LogP contribution is -2.51. The molecule has 0 saturated carbocycles. The van der Waals surface area contributed by atoms with Crippen LogP contribution in [0, 0.1) is 0 Å². The van der Waals surface area contributed by atoms with Gasteiger partial charge in [-0.25, -0.2) is 0 Å². The molecule has 106 valence electrons. The molecule has 1 aliphatic heterocycles. The molecule has 1 aliphatic rings. The van der Waals surface area contributed by atoms with E-state index in [1.54, 1.807) is 7.11 Å². The van der Waals surface area contributed by atoms with E-state index in [4.69, 9.17) is 10.5 Å². The second-order valence-electron chi connectivity index (χ2n) is 5.17. The molecular formula is C14H28N2O2. The number of methoxy groups -OCH3 is 1. The second-order valence-corrected chi connectivity index (χ2v) is 5.17. The van der Waals surface area contributed by atoms with Gasteiger partial charge in [0.1, 0.15) is 0 Å². The fourth-order valence-electron chi connectivity index (χ4n) is 2.63.